The second-order valence-corrected chi connectivity index (χ2v) is 8.21. The third-order valence-electron chi connectivity index (χ3n) is 6.70. The van der Waals surface area contributed by atoms with Gasteiger partial charge in [0.15, 0.2) is 5.76 Å². The van der Waals surface area contributed by atoms with E-state index in [0.717, 1.165) is 31.5 Å². The number of rotatable bonds is 5. The topological polar surface area (TPSA) is 48.7 Å². The van der Waals surface area contributed by atoms with E-state index in [1.54, 1.807) is 18.4 Å². The first-order chi connectivity index (χ1) is 13.3. The van der Waals surface area contributed by atoms with Gasteiger partial charge in [-0.1, -0.05) is 18.2 Å². The quantitative estimate of drug-likeness (QED) is 0.885. The van der Waals surface area contributed by atoms with Gasteiger partial charge in [0.2, 0.25) is 0 Å². The second kappa shape index (κ2) is 7.04. The number of benzene rings is 1. The summed E-state index contributed by atoms with van der Waals surface area (Å²) in [6.07, 6.45) is 5.21. The first-order valence-corrected chi connectivity index (χ1v) is 10.2. The first-order valence-electron chi connectivity index (χ1n) is 10.2. The Hall–Kier alpha value is -2.27. The fourth-order valence-electron chi connectivity index (χ4n) is 5.25. The normalized spacial score (nSPS) is 29.0. The van der Waals surface area contributed by atoms with Crippen LogP contribution in [0.3, 0.4) is 0 Å². The number of carbonyl (C=O) groups excluding carboxylic acids is 1. The minimum atomic E-state index is -0.104. The zero-order valence-corrected chi connectivity index (χ0v) is 15.6. The number of hydrogen-bond acceptors (Lipinski definition) is 4. The van der Waals surface area contributed by atoms with Gasteiger partial charge < -0.3 is 14.6 Å². The number of hydrogen-bond donors (Lipinski definition) is 1. The molecule has 1 amide bonds. The van der Waals surface area contributed by atoms with Crippen LogP contribution in [-0.4, -0.2) is 49.6 Å². The van der Waals surface area contributed by atoms with E-state index in [0.29, 0.717) is 11.8 Å². The molecule has 5 heteroatoms. The molecule has 0 saturated carbocycles. The molecule has 5 heterocycles. The van der Waals surface area contributed by atoms with E-state index in [-0.39, 0.29) is 5.91 Å². The van der Waals surface area contributed by atoms with Crippen LogP contribution >= 0.6 is 0 Å². The van der Waals surface area contributed by atoms with Gasteiger partial charge in [0.1, 0.15) is 0 Å². The van der Waals surface area contributed by atoms with Gasteiger partial charge in [-0.3, -0.25) is 9.69 Å². The summed E-state index contributed by atoms with van der Waals surface area (Å²) in [6.45, 7) is 5.37. The van der Waals surface area contributed by atoms with E-state index in [1.807, 2.05) is 0 Å². The van der Waals surface area contributed by atoms with Crippen LogP contribution < -0.4 is 10.2 Å². The highest BCUT2D eigenvalue weighted by atomic mass is 16.3. The van der Waals surface area contributed by atoms with Crippen LogP contribution in [0, 0.1) is 11.8 Å². The van der Waals surface area contributed by atoms with E-state index in [2.05, 4.69) is 39.4 Å². The maximum absolute atomic E-state index is 12.1. The van der Waals surface area contributed by atoms with Crippen molar-refractivity contribution in [2.24, 2.45) is 11.8 Å². The average Bonchev–Trinajstić information content (AvgIpc) is 3.38. The van der Waals surface area contributed by atoms with Crippen LogP contribution in [-0.2, 0) is 6.42 Å². The minimum absolute atomic E-state index is 0.104. The number of piperidine rings is 3. The summed E-state index contributed by atoms with van der Waals surface area (Å²) < 4.78 is 5.19. The molecule has 6 rings (SSSR count). The van der Waals surface area contributed by atoms with Crippen LogP contribution in [0.25, 0.3) is 0 Å². The lowest BCUT2D eigenvalue weighted by Crippen LogP contribution is -2.58. The molecule has 1 unspecified atom stereocenters. The Morgan fingerprint density at radius 1 is 1.19 bits per heavy atom. The highest BCUT2D eigenvalue weighted by molar-refractivity contribution is 5.91. The van der Waals surface area contributed by atoms with Crippen molar-refractivity contribution in [3.8, 4) is 0 Å². The fourth-order valence-corrected chi connectivity index (χ4v) is 5.25. The Labute approximate surface area is 160 Å². The van der Waals surface area contributed by atoms with Crippen molar-refractivity contribution in [1.29, 1.82) is 0 Å². The van der Waals surface area contributed by atoms with Crippen molar-refractivity contribution in [3.63, 3.8) is 0 Å². The molecule has 5 nitrogen and oxygen atoms in total. The lowest BCUT2D eigenvalue weighted by atomic mass is 9.75. The number of fused-ring (bicyclic) bond motifs is 4. The van der Waals surface area contributed by atoms with Crippen molar-refractivity contribution in [1.82, 2.24) is 10.2 Å². The highest BCUT2D eigenvalue weighted by Gasteiger charge is 2.41. The summed E-state index contributed by atoms with van der Waals surface area (Å²) in [5.74, 6) is 1.81. The largest absolute Gasteiger partial charge is 0.459 e. The molecule has 4 aliphatic heterocycles. The minimum Gasteiger partial charge on any atom is -0.459 e. The summed E-state index contributed by atoms with van der Waals surface area (Å²) in [6, 6.07) is 12.8. The maximum atomic E-state index is 12.1. The molecule has 3 saturated heterocycles. The van der Waals surface area contributed by atoms with Crippen LogP contribution in [0.1, 0.15) is 29.0 Å². The number of para-hydroxylation sites is 1. The van der Waals surface area contributed by atoms with Gasteiger partial charge in [0.05, 0.1) is 6.26 Å². The van der Waals surface area contributed by atoms with Crippen molar-refractivity contribution in [2.75, 3.05) is 37.6 Å². The number of nitrogens with one attached hydrogen (secondary N) is 1. The SMILES string of the molecule is O=C(NC[C@H]1C[C@@H]2CCN1C[C@H]2CN1CCc2ccccc21)c1ccco1. The molecule has 0 radical (unpaired) electrons. The number of furan rings is 1. The molecule has 2 aromatic rings. The molecule has 4 aliphatic rings. The zero-order chi connectivity index (χ0) is 18.2. The average molecular weight is 365 g/mol. The number of carbonyl (C=O) groups is 1. The van der Waals surface area contributed by atoms with Crippen molar-refractivity contribution in [3.05, 3.63) is 54.0 Å². The number of anilines is 1. The Bertz CT molecular complexity index is 804. The third-order valence-corrected chi connectivity index (χ3v) is 6.70. The van der Waals surface area contributed by atoms with Gasteiger partial charge >= 0.3 is 0 Å². The fraction of sp³-hybridized carbons (Fsp3) is 0.500. The molecule has 3 fully saturated rings. The van der Waals surface area contributed by atoms with Crippen LogP contribution in [0.2, 0.25) is 0 Å². The van der Waals surface area contributed by atoms with Gasteiger partial charge in [-0.05, 0) is 61.4 Å². The summed E-state index contributed by atoms with van der Waals surface area (Å²) >= 11 is 0. The number of amides is 1. The molecule has 4 atom stereocenters. The summed E-state index contributed by atoms with van der Waals surface area (Å²) in [5.41, 5.74) is 2.94. The molecule has 2 bridgehead atoms. The van der Waals surface area contributed by atoms with Gasteiger partial charge in [-0.2, -0.15) is 0 Å². The molecule has 1 aromatic heterocycles. The molecular formula is C22H27N3O2. The van der Waals surface area contributed by atoms with Gasteiger partial charge in [-0.15, -0.1) is 0 Å². The Balaban J connectivity index is 1.18. The Kier molecular flexibility index (Phi) is 4.40. The lowest BCUT2D eigenvalue weighted by molar-refractivity contribution is 0.00485. The van der Waals surface area contributed by atoms with Gasteiger partial charge in [0, 0.05) is 37.9 Å². The van der Waals surface area contributed by atoms with E-state index in [4.69, 9.17) is 4.42 Å². The Morgan fingerprint density at radius 3 is 2.93 bits per heavy atom. The number of nitrogens with zero attached hydrogens (tertiary/aromatic N) is 2. The molecule has 1 N–H and O–H groups in total. The van der Waals surface area contributed by atoms with Crippen LogP contribution in [0.15, 0.2) is 47.1 Å². The summed E-state index contributed by atoms with van der Waals surface area (Å²) in [4.78, 5) is 17.3. The van der Waals surface area contributed by atoms with Crippen molar-refractivity contribution < 1.29 is 9.21 Å². The van der Waals surface area contributed by atoms with E-state index < -0.39 is 0 Å². The highest BCUT2D eigenvalue weighted by Crippen LogP contribution is 2.38. The monoisotopic (exact) mass is 365 g/mol. The first kappa shape index (κ1) is 16.9. The molecule has 0 aliphatic carbocycles. The lowest BCUT2D eigenvalue weighted by Gasteiger charge is -2.50. The van der Waals surface area contributed by atoms with Crippen LogP contribution in [0.4, 0.5) is 5.69 Å². The van der Waals surface area contributed by atoms with Crippen LogP contribution in [0.5, 0.6) is 0 Å². The maximum Gasteiger partial charge on any atom is 0.287 e. The third kappa shape index (κ3) is 3.25. The molecule has 27 heavy (non-hydrogen) atoms. The van der Waals surface area contributed by atoms with E-state index in [1.165, 1.54) is 43.6 Å². The second-order valence-electron chi connectivity index (χ2n) is 8.21. The smallest absolute Gasteiger partial charge is 0.287 e. The predicted octanol–water partition coefficient (Wildman–Crippen LogP) is 2.78. The van der Waals surface area contributed by atoms with E-state index in [9.17, 15) is 4.79 Å². The van der Waals surface area contributed by atoms with Crippen molar-refractivity contribution in [2.45, 2.75) is 25.3 Å². The Morgan fingerprint density at radius 2 is 2.11 bits per heavy atom. The molecule has 142 valence electrons. The van der Waals surface area contributed by atoms with Gasteiger partial charge in [0.25, 0.3) is 5.91 Å². The molecular weight excluding hydrogens is 338 g/mol. The van der Waals surface area contributed by atoms with E-state index >= 15 is 0 Å². The molecule has 1 aromatic carbocycles. The standard InChI is InChI=1S/C22H27N3O2/c26-22(21-6-3-11-27-21)23-13-19-12-17-8-9-24(19)14-18(17)15-25-10-7-16-4-1-2-5-20(16)25/h1-6,11,17-19H,7-10,12-15H2,(H,23,26)/t17-,18-,19+/m0/s1. The summed E-state index contributed by atoms with van der Waals surface area (Å²) in [5, 5.41) is 3.06. The van der Waals surface area contributed by atoms with Gasteiger partial charge in [-0.25, -0.2) is 0 Å². The van der Waals surface area contributed by atoms with Crippen molar-refractivity contribution >= 4 is 11.6 Å². The molecule has 0 spiro atoms. The predicted molar refractivity (Wildman–Crippen MR) is 105 cm³/mol. The zero-order valence-electron chi connectivity index (χ0n) is 15.6. The summed E-state index contributed by atoms with van der Waals surface area (Å²) in [7, 11) is 0.